The molecule has 0 radical (unpaired) electrons. The Balaban J connectivity index is 1.62. The van der Waals surface area contributed by atoms with Crippen LogP contribution in [-0.4, -0.2) is 30.1 Å². The van der Waals surface area contributed by atoms with Crippen molar-refractivity contribution >= 4 is 18.0 Å². The van der Waals surface area contributed by atoms with E-state index in [9.17, 15) is 9.59 Å². The molecule has 2 amide bonds. The van der Waals surface area contributed by atoms with Crippen molar-refractivity contribution < 1.29 is 14.3 Å². The molecule has 1 aliphatic heterocycles. The van der Waals surface area contributed by atoms with Crippen LogP contribution in [0.25, 0.3) is 0 Å². The first-order valence-corrected chi connectivity index (χ1v) is 7.94. The summed E-state index contributed by atoms with van der Waals surface area (Å²) in [6, 6.07) is 7.38. The number of amides is 2. The van der Waals surface area contributed by atoms with Crippen LogP contribution in [0.3, 0.4) is 0 Å². The standard InChI is InChI=1S/C18H18N2O3/c1-23-14-5-3-2-4-13(14)10-19-20-17(21)15-11-6-7-12(9-8-11)16(15)18(20)22/h2-7,10-12,15-16H,8-9H2,1H3/b19-10-/t11-,12-,15+,16+/m0/s1. The zero-order valence-corrected chi connectivity index (χ0v) is 12.9. The number of imide groups is 1. The van der Waals surface area contributed by atoms with Crippen molar-refractivity contribution in [1.29, 1.82) is 0 Å². The lowest BCUT2D eigenvalue weighted by atomic mass is 9.63. The lowest BCUT2D eigenvalue weighted by Crippen LogP contribution is -2.38. The molecular formula is C18H18N2O3. The Kier molecular flexibility index (Phi) is 3.29. The predicted molar refractivity (Wildman–Crippen MR) is 84.8 cm³/mol. The Labute approximate surface area is 134 Å². The van der Waals surface area contributed by atoms with Crippen LogP contribution in [0.2, 0.25) is 0 Å². The van der Waals surface area contributed by atoms with Gasteiger partial charge in [0.1, 0.15) is 5.75 Å². The number of hydrogen-bond donors (Lipinski definition) is 0. The van der Waals surface area contributed by atoms with Gasteiger partial charge >= 0.3 is 0 Å². The van der Waals surface area contributed by atoms with Gasteiger partial charge in [-0.25, -0.2) is 0 Å². The molecule has 0 N–H and O–H groups in total. The zero-order chi connectivity index (χ0) is 16.0. The first kappa shape index (κ1) is 14.2. The number of para-hydroxylation sites is 1. The van der Waals surface area contributed by atoms with Crippen molar-refractivity contribution in [2.75, 3.05) is 7.11 Å². The van der Waals surface area contributed by atoms with Crippen LogP contribution in [-0.2, 0) is 9.59 Å². The highest BCUT2D eigenvalue weighted by atomic mass is 16.5. The van der Waals surface area contributed by atoms with Gasteiger partial charge in [-0.3, -0.25) is 9.59 Å². The summed E-state index contributed by atoms with van der Waals surface area (Å²) in [5.74, 6) is 0.271. The van der Waals surface area contributed by atoms with Crippen molar-refractivity contribution in [2.45, 2.75) is 12.8 Å². The minimum Gasteiger partial charge on any atom is -0.496 e. The van der Waals surface area contributed by atoms with Gasteiger partial charge in [-0.15, -0.1) is 0 Å². The topological polar surface area (TPSA) is 59.0 Å². The van der Waals surface area contributed by atoms with Crippen LogP contribution >= 0.6 is 0 Å². The highest BCUT2D eigenvalue weighted by molar-refractivity contribution is 6.06. The van der Waals surface area contributed by atoms with E-state index in [4.69, 9.17) is 4.74 Å². The van der Waals surface area contributed by atoms with Gasteiger partial charge in [0.25, 0.3) is 11.8 Å². The smallest absolute Gasteiger partial charge is 0.254 e. The summed E-state index contributed by atoms with van der Waals surface area (Å²) in [4.78, 5) is 25.3. The van der Waals surface area contributed by atoms with E-state index in [2.05, 4.69) is 17.3 Å². The number of benzene rings is 1. The van der Waals surface area contributed by atoms with Crippen molar-refractivity contribution in [3.63, 3.8) is 0 Å². The summed E-state index contributed by atoms with van der Waals surface area (Å²) in [7, 11) is 1.58. The number of rotatable bonds is 3. The number of hydrazone groups is 1. The number of ether oxygens (including phenoxy) is 1. The SMILES string of the molecule is COc1ccccc1/C=N\N1C(=O)[C@H]2[C@H](C1=O)[C@H]1C=C[C@H]2CC1. The third-order valence-corrected chi connectivity index (χ3v) is 5.19. The fourth-order valence-electron chi connectivity index (χ4n) is 4.07. The molecule has 0 unspecified atom stereocenters. The van der Waals surface area contributed by atoms with E-state index in [0.29, 0.717) is 5.75 Å². The predicted octanol–water partition coefficient (Wildman–Crippen LogP) is 2.23. The number of fused-ring (bicyclic) bond motifs is 1. The van der Waals surface area contributed by atoms with E-state index in [1.165, 1.54) is 6.21 Å². The van der Waals surface area contributed by atoms with Gasteiger partial charge in [0, 0.05) is 5.56 Å². The van der Waals surface area contributed by atoms with Crippen LogP contribution in [0.1, 0.15) is 18.4 Å². The lowest BCUT2D eigenvalue weighted by molar-refractivity contribution is -0.140. The van der Waals surface area contributed by atoms with Crippen LogP contribution in [0, 0.1) is 23.7 Å². The minimum atomic E-state index is -0.221. The van der Waals surface area contributed by atoms with Gasteiger partial charge in [0.05, 0.1) is 25.2 Å². The quantitative estimate of drug-likeness (QED) is 0.489. The fourth-order valence-corrected chi connectivity index (χ4v) is 4.07. The number of carbonyl (C=O) groups excluding carboxylic acids is 2. The maximum absolute atomic E-state index is 12.6. The van der Waals surface area contributed by atoms with Crippen molar-refractivity contribution in [3.8, 4) is 5.75 Å². The number of carbonyl (C=O) groups is 2. The second kappa shape index (κ2) is 5.33. The molecule has 1 saturated carbocycles. The normalized spacial score (nSPS) is 32.0. The summed E-state index contributed by atoms with van der Waals surface area (Å²) in [5.41, 5.74) is 0.742. The molecule has 1 saturated heterocycles. The maximum Gasteiger partial charge on any atom is 0.254 e. The van der Waals surface area contributed by atoms with Crippen LogP contribution in [0.4, 0.5) is 0 Å². The van der Waals surface area contributed by atoms with Crippen LogP contribution < -0.4 is 4.74 Å². The van der Waals surface area contributed by atoms with Gasteiger partial charge in [-0.05, 0) is 36.8 Å². The maximum atomic E-state index is 12.6. The molecule has 1 heterocycles. The van der Waals surface area contributed by atoms with Crippen LogP contribution in [0.15, 0.2) is 41.5 Å². The number of allylic oxidation sites excluding steroid dienone is 2. The minimum absolute atomic E-state index is 0.162. The third kappa shape index (κ3) is 2.11. The van der Waals surface area contributed by atoms with Gasteiger partial charge in [0.15, 0.2) is 0 Å². The Bertz CT molecular complexity index is 693. The van der Waals surface area contributed by atoms with Crippen molar-refractivity contribution in [3.05, 3.63) is 42.0 Å². The second-order valence-electron chi connectivity index (χ2n) is 6.32. The van der Waals surface area contributed by atoms with Crippen molar-refractivity contribution in [1.82, 2.24) is 5.01 Å². The molecule has 2 bridgehead atoms. The summed E-state index contributed by atoms with van der Waals surface area (Å²) < 4.78 is 5.26. The van der Waals surface area contributed by atoms with E-state index in [1.54, 1.807) is 7.11 Å². The number of hydrogen-bond acceptors (Lipinski definition) is 4. The van der Waals surface area contributed by atoms with E-state index >= 15 is 0 Å². The van der Waals surface area contributed by atoms with Gasteiger partial charge < -0.3 is 4.74 Å². The molecule has 5 heteroatoms. The average Bonchev–Trinajstić information content (AvgIpc) is 2.87. The molecule has 0 spiro atoms. The van der Waals surface area contributed by atoms with Crippen LogP contribution in [0.5, 0.6) is 5.75 Å². The molecule has 5 rings (SSSR count). The molecule has 3 aliphatic carbocycles. The first-order valence-electron chi connectivity index (χ1n) is 7.94. The largest absolute Gasteiger partial charge is 0.496 e. The Morgan fingerprint density at radius 1 is 1.09 bits per heavy atom. The first-order chi connectivity index (χ1) is 11.2. The Hall–Kier alpha value is -2.43. The second-order valence-corrected chi connectivity index (χ2v) is 6.32. The Morgan fingerprint density at radius 2 is 1.70 bits per heavy atom. The van der Waals surface area contributed by atoms with Gasteiger partial charge in [-0.1, -0.05) is 24.3 Å². The Morgan fingerprint density at radius 3 is 2.26 bits per heavy atom. The third-order valence-electron chi connectivity index (χ3n) is 5.19. The molecule has 1 aromatic carbocycles. The summed E-state index contributed by atoms with van der Waals surface area (Å²) in [6.45, 7) is 0. The van der Waals surface area contributed by atoms with E-state index in [-0.39, 0.29) is 35.5 Å². The molecule has 4 atom stereocenters. The molecule has 5 nitrogen and oxygen atoms in total. The molecule has 2 fully saturated rings. The monoisotopic (exact) mass is 310 g/mol. The molecule has 118 valence electrons. The van der Waals surface area contributed by atoms with E-state index < -0.39 is 0 Å². The van der Waals surface area contributed by atoms with E-state index in [1.807, 2.05) is 24.3 Å². The lowest BCUT2D eigenvalue weighted by Gasteiger charge is -2.37. The molecule has 1 aromatic rings. The highest BCUT2D eigenvalue weighted by Crippen LogP contribution is 2.49. The number of nitrogens with zero attached hydrogens (tertiary/aromatic N) is 2. The highest BCUT2D eigenvalue weighted by Gasteiger charge is 2.56. The summed E-state index contributed by atoms with van der Waals surface area (Å²) >= 11 is 0. The van der Waals surface area contributed by atoms with Gasteiger partial charge in [0.2, 0.25) is 0 Å². The summed E-state index contributed by atoms with van der Waals surface area (Å²) in [5, 5.41) is 5.26. The number of methoxy groups -OCH3 is 1. The molecule has 4 aliphatic rings. The fraction of sp³-hybridized carbons (Fsp3) is 0.389. The zero-order valence-electron chi connectivity index (χ0n) is 12.9. The van der Waals surface area contributed by atoms with Crippen molar-refractivity contribution in [2.24, 2.45) is 28.8 Å². The van der Waals surface area contributed by atoms with Gasteiger partial charge in [-0.2, -0.15) is 10.1 Å². The average molecular weight is 310 g/mol. The molecular weight excluding hydrogens is 292 g/mol. The van der Waals surface area contributed by atoms with E-state index in [0.717, 1.165) is 23.4 Å². The summed E-state index contributed by atoms with van der Waals surface area (Å²) in [6.07, 6.45) is 7.72. The molecule has 0 aromatic heterocycles. The molecule has 23 heavy (non-hydrogen) atoms.